The zero-order valence-corrected chi connectivity index (χ0v) is 15.8. The Labute approximate surface area is 158 Å². The van der Waals surface area contributed by atoms with Crippen LogP contribution >= 0.6 is 0 Å². The summed E-state index contributed by atoms with van der Waals surface area (Å²) in [5, 5.41) is 0. The van der Waals surface area contributed by atoms with Crippen LogP contribution in [0.2, 0.25) is 0 Å². The predicted octanol–water partition coefficient (Wildman–Crippen LogP) is 4.04. The molecule has 3 aromatic carbocycles. The summed E-state index contributed by atoms with van der Waals surface area (Å²) in [6, 6.07) is 21.1. The van der Waals surface area contributed by atoms with Crippen LogP contribution in [-0.4, -0.2) is 21.4 Å². The summed E-state index contributed by atoms with van der Waals surface area (Å²) in [5.41, 5.74) is 1.42. The van der Waals surface area contributed by atoms with Crippen LogP contribution in [0.1, 0.15) is 15.9 Å². The van der Waals surface area contributed by atoms with Crippen molar-refractivity contribution < 1.29 is 17.9 Å². The van der Waals surface area contributed by atoms with E-state index in [1.807, 2.05) is 6.92 Å². The lowest BCUT2D eigenvalue weighted by Crippen LogP contribution is -2.37. The van der Waals surface area contributed by atoms with Crippen molar-refractivity contribution >= 4 is 21.6 Å². The average Bonchev–Trinajstić information content (AvgIpc) is 2.69. The van der Waals surface area contributed by atoms with Crippen molar-refractivity contribution in [2.24, 2.45) is 0 Å². The fourth-order valence-corrected chi connectivity index (χ4v) is 4.03. The molecule has 3 rings (SSSR count). The Balaban J connectivity index is 2.14. The Morgan fingerprint density at radius 2 is 1.56 bits per heavy atom. The second-order valence-electron chi connectivity index (χ2n) is 5.96. The monoisotopic (exact) mass is 381 g/mol. The van der Waals surface area contributed by atoms with Gasteiger partial charge in [0.1, 0.15) is 5.75 Å². The standard InChI is InChI=1S/C21H19NO4S/c1-16-11-13-20(14-12-16)27(24,25)22(18-8-4-3-5-9-18)21(23)17-7-6-10-19(15-17)26-2/h3-15H,1-2H3. The number of anilines is 1. The first-order chi connectivity index (χ1) is 12.9. The van der Waals surface area contributed by atoms with Gasteiger partial charge in [0.05, 0.1) is 17.7 Å². The molecule has 0 spiro atoms. The summed E-state index contributed by atoms with van der Waals surface area (Å²) in [6.07, 6.45) is 0. The van der Waals surface area contributed by atoms with Crippen LogP contribution in [0.4, 0.5) is 5.69 Å². The van der Waals surface area contributed by atoms with Crippen LogP contribution in [-0.2, 0) is 10.0 Å². The van der Waals surface area contributed by atoms with E-state index in [1.165, 1.54) is 25.3 Å². The molecule has 3 aromatic rings. The number of para-hydroxylation sites is 1. The Morgan fingerprint density at radius 3 is 2.19 bits per heavy atom. The minimum Gasteiger partial charge on any atom is -0.497 e. The largest absolute Gasteiger partial charge is 0.497 e. The number of aryl methyl sites for hydroxylation is 1. The van der Waals surface area contributed by atoms with E-state index in [2.05, 4.69) is 0 Å². The lowest BCUT2D eigenvalue weighted by molar-refractivity contribution is 0.100. The van der Waals surface area contributed by atoms with Gasteiger partial charge in [0.15, 0.2) is 0 Å². The van der Waals surface area contributed by atoms with E-state index < -0.39 is 15.9 Å². The van der Waals surface area contributed by atoms with Gasteiger partial charge < -0.3 is 4.74 Å². The molecule has 0 aliphatic heterocycles. The Hall–Kier alpha value is -3.12. The second-order valence-corrected chi connectivity index (χ2v) is 7.74. The number of amides is 1. The highest BCUT2D eigenvalue weighted by Gasteiger charge is 2.31. The molecule has 0 aliphatic rings. The first-order valence-corrected chi connectivity index (χ1v) is 9.73. The smallest absolute Gasteiger partial charge is 0.272 e. The number of carbonyl (C=O) groups is 1. The van der Waals surface area contributed by atoms with Crippen LogP contribution in [0.15, 0.2) is 83.8 Å². The minimum atomic E-state index is -4.09. The molecule has 0 N–H and O–H groups in total. The summed E-state index contributed by atoms with van der Waals surface area (Å²) in [7, 11) is -2.61. The van der Waals surface area contributed by atoms with Crippen molar-refractivity contribution in [3.8, 4) is 5.75 Å². The van der Waals surface area contributed by atoms with Crippen LogP contribution in [0.25, 0.3) is 0 Å². The predicted molar refractivity (Wildman–Crippen MR) is 105 cm³/mol. The van der Waals surface area contributed by atoms with E-state index in [0.717, 1.165) is 9.87 Å². The van der Waals surface area contributed by atoms with E-state index in [-0.39, 0.29) is 16.1 Å². The van der Waals surface area contributed by atoms with Gasteiger partial charge >= 0.3 is 0 Å². The molecule has 6 heteroatoms. The van der Waals surface area contributed by atoms with E-state index in [4.69, 9.17) is 4.74 Å². The summed E-state index contributed by atoms with van der Waals surface area (Å²) < 4.78 is 32.6. The Kier molecular flexibility index (Phi) is 5.28. The van der Waals surface area contributed by atoms with Gasteiger partial charge in [-0.05, 0) is 49.4 Å². The molecule has 0 bridgehead atoms. The lowest BCUT2D eigenvalue weighted by atomic mass is 10.2. The van der Waals surface area contributed by atoms with Crippen molar-refractivity contribution in [2.45, 2.75) is 11.8 Å². The summed E-state index contributed by atoms with van der Waals surface area (Å²) >= 11 is 0. The Bertz CT molecular complexity index is 1050. The van der Waals surface area contributed by atoms with Crippen molar-refractivity contribution in [1.29, 1.82) is 0 Å². The van der Waals surface area contributed by atoms with Gasteiger partial charge in [0, 0.05) is 5.56 Å². The fraction of sp³-hybridized carbons (Fsp3) is 0.0952. The molecule has 0 fully saturated rings. The van der Waals surface area contributed by atoms with Gasteiger partial charge in [-0.25, -0.2) is 8.42 Å². The highest BCUT2D eigenvalue weighted by atomic mass is 32.2. The number of hydrogen-bond acceptors (Lipinski definition) is 4. The van der Waals surface area contributed by atoms with Gasteiger partial charge in [-0.1, -0.05) is 42.0 Å². The van der Waals surface area contributed by atoms with Gasteiger partial charge in [-0.3, -0.25) is 4.79 Å². The molecule has 0 heterocycles. The van der Waals surface area contributed by atoms with E-state index in [0.29, 0.717) is 5.75 Å². The summed E-state index contributed by atoms with van der Waals surface area (Å²) in [4.78, 5) is 13.2. The molecule has 138 valence electrons. The maximum Gasteiger partial charge on any atom is 0.272 e. The first-order valence-electron chi connectivity index (χ1n) is 8.29. The zero-order valence-electron chi connectivity index (χ0n) is 15.0. The molecule has 0 unspecified atom stereocenters. The molecule has 0 atom stereocenters. The highest BCUT2D eigenvalue weighted by Crippen LogP contribution is 2.27. The zero-order chi connectivity index (χ0) is 19.4. The summed E-state index contributed by atoms with van der Waals surface area (Å²) in [5.74, 6) is -0.178. The van der Waals surface area contributed by atoms with E-state index >= 15 is 0 Å². The third-order valence-electron chi connectivity index (χ3n) is 4.05. The SMILES string of the molecule is COc1cccc(C(=O)N(c2ccccc2)S(=O)(=O)c2ccc(C)cc2)c1. The van der Waals surface area contributed by atoms with Crippen molar-refractivity contribution in [1.82, 2.24) is 0 Å². The van der Waals surface area contributed by atoms with Crippen LogP contribution < -0.4 is 9.04 Å². The normalized spacial score (nSPS) is 11.0. The number of ether oxygens (including phenoxy) is 1. The number of nitrogens with zero attached hydrogens (tertiary/aromatic N) is 1. The molecule has 0 aromatic heterocycles. The van der Waals surface area contributed by atoms with Crippen LogP contribution in [0, 0.1) is 6.92 Å². The van der Waals surface area contributed by atoms with Gasteiger partial charge in [-0.2, -0.15) is 4.31 Å². The molecule has 27 heavy (non-hydrogen) atoms. The second kappa shape index (κ2) is 7.63. The van der Waals surface area contributed by atoms with Gasteiger partial charge in [-0.15, -0.1) is 0 Å². The molecule has 0 saturated carbocycles. The van der Waals surface area contributed by atoms with Crippen molar-refractivity contribution in [2.75, 3.05) is 11.4 Å². The quantitative estimate of drug-likeness (QED) is 0.669. The van der Waals surface area contributed by atoms with Crippen molar-refractivity contribution in [3.05, 3.63) is 90.0 Å². The number of rotatable bonds is 5. The minimum absolute atomic E-state index is 0.0493. The van der Waals surface area contributed by atoms with Crippen molar-refractivity contribution in [3.63, 3.8) is 0 Å². The van der Waals surface area contributed by atoms with E-state index in [1.54, 1.807) is 60.7 Å². The van der Waals surface area contributed by atoms with E-state index in [9.17, 15) is 13.2 Å². The third-order valence-corrected chi connectivity index (χ3v) is 5.78. The first kappa shape index (κ1) is 18.7. The van der Waals surface area contributed by atoms with Gasteiger partial charge in [0.2, 0.25) is 0 Å². The molecule has 5 nitrogen and oxygen atoms in total. The molecular weight excluding hydrogens is 362 g/mol. The highest BCUT2D eigenvalue weighted by molar-refractivity contribution is 7.93. The van der Waals surface area contributed by atoms with Gasteiger partial charge in [0.25, 0.3) is 15.9 Å². The average molecular weight is 381 g/mol. The molecular formula is C21H19NO4S. The third kappa shape index (κ3) is 3.85. The number of carbonyl (C=O) groups excluding carboxylic acids is 1. The molecule has 0 aliphatic carbocycles. The molecule has 1 amide bonds. The maximum absolute atomic E-state index is 13.3. The number of sulfonamides is 1. The topological polar surface area (TPSA) is 63.7 Å². The maximum atomic E-state index is 13.3. The number of hydrogen-bond donors (Lipinski definition) is 0. The lowest BCUT2D eigenvalue weighted by Gasteiger charge is -2.23. The molecule has 0 radical (unpaired) electrons. The van der Waals surface area contributed by atoms with Crippen LogP contribution in [0.5, 0.6) is 5.75 Å². The van der Waals surface area contributed by atoms with Crippen LogP contribution in [0.3, 0.4) is 0 Å². The Morgan fingerprint density at radius 1 is 0.889 bits per heavy atom. The fourth-order valence-electron chi connectivity index (χ4n) is 2.62. The molecule has 0 saturated heterocycles. The number of methoxy groups -OCH3 is 1. The number of benzene rings is 3. The summed E-state index contributed by atoms with van der Waals surface area (Å²) in [6.45, 7) is 1.87.